The van der Waals surface area contributed by atoms with Gasteiger partial charge in [0.25, 0.3) is 12.4 Å². The predicted molar refractivity (Wildman–Crippen MR) is 102 cm³/mol. The van der Waals surface area contributed by atoms with Crippen LogP contribution in [0.1, 0.15) is 47.6 Å². The van der Waals surface area contributed by atoms with Crippen molar-refractivity contribution in [3.05, 3.63) is 52.9 Å². The van der Waals surface area contributed by atoms with Crippen LogP contribution in [0.3, 0.4) is 0 Å². The van der Waals surface area contributed by atoms with E-state index in [0.29, 0.717) is 11.7 Å². The normalized spacial score (nSPS) is 15.4. The van der Waals surface area contributed by atoms with Gasteiger partial charge < -0.3 is 20.3 Å². The molecule has 1 heterocycles. The zero-order valence-electron chi connectivity index (χ0n) is 15.8. The lowest BCUT2D eigenvalue weighted by molar-refractivity contribution is -0.122. The lowest BCUT2D eigenvalue weighted by Crippen LogP contribution is -2.37. The van der Waals surface area contributed by atoms with E-state index >= 15 is 0 Å². The van der Waals surface area contributed by atoms with Crippen molar-refractivity contribution in [1.29, 1.82) is 0 Å². The molecule has 2 aromatic rings. The summed E-state index contributed by atoms with van der Waals surface area (Å²) >= 11 is 0. The molecule has 27 heavy (non-hydrogen) atoms. The largest absolute Gasteiger partial charge is 0.483 e. The minimum Gasteiger partial charge on any atom is -0.483 e. The summed E-state index contributed by atoms with van der Waals surface area (Å²) in [6, 6.07) is 10.9. The van der Waals surface area contributed by atoms with E-state index < -0.39 is 0 Å². The summed E-state index contributed by atoms with van der Waals surface area (Å²) in [4.78, 5) is 20.6. The van der Waals surface area contributed by atoms with Gasteiger partial charge >= 0.3 is 0 Å². The van der Waals surface area contributed by atoms with Crippen LogP contribution < -0.4 is 10.6 Å². The molecule has 7 nitrogen and oxygen atoms in total. The summed E-state index contributed by atoms with van der Waals surface area (Å²) in [5.74, 6) is 0.727. The Bertz CT molecular complexity index is 728. The first-order valence-corrected chi connectivity index (χ1v) is 9.18. The van der Waals surface area contributed by atoms with Crippen molar-refractivity contribution in [2.45, 2.75) is 51.6 Å². The van der Waals surface area contributed by atoms with Crippen molar-refractivity contribution >= 4 is 12.4 Å². The number of hydrogen-bond donors (Lipinski definition) is 3. The molecule has 1 atom stereocenters. The molecule has 1 aliphatic carbocycles. The van der Waals surface area contributed by atoms with Crippen molar-refractivity contribution in [3.63, 3.8) is 0 Å². The first-order valence-electron chi connectivity index (χ1n) is 9.18. The molecular weight excluding hydrogens is 346 g/mol. The van der Waals surface area contributed by atoms with Crippen LogP contribution in [-0.2, 0) is 24.1 Å². The maximum absolute atomic E-state index is 12.2. The summed E-state index contributed by atoms with van der Waals surface area (Å²) in [6.45, 7) is 4.57. The van der Waals surface area contributed by atoms with Crippen molar-refractivity contribution in [2.24, 2.45) is 0 Å². The summed E-state index contributed by atoms with van der Waals surface area (Å²) in [5, 5.41) is 17.4. The van der Waals surface area contributed by atoms with Gasteiger partial charge in [0, 0.05) is 24.1 Å². The fourth-order valence-corrected chi connectivity index (χ4v) is 3.15. The topological polar surface area (TPSA) is 104 Å². The zero-order chi connectivity index (χ0) is 19.6. The number of fused-ring (bicyclic) bond motifs is 1. The molecule has 0 fully saturated rings. The molecule has 1 aliphatic rings. The van der Waals surface area contributed by atoms with Crippen LogP contribution in [0.5, 0.6) is 0 Å². The van der Waals surface area contributed by atoms with Gasteiger partial charge in [0.15, 0.2) is 5.69 Å². The molecule has 0 spiro atoms. The average Bonchev–Trinajstić information content (AvgIpc) is 3.06. The molecule has 1 unspecified atom stereocenters. The molecular formula is C20H27N3O4. The lowest BCUT2D eigenvalue weighted by Gasteiger charge is -2.22. The van der Waals surface area contributed by atoms with Gasteiger partial charge in [-0.05, 0) is 45.2 Å². The van der Waals surface area contributed by atoms with E-state index in [2.05, 4.69) is 40.1 Å². The fourth-order valence-electron chi connectivity index (χ4n) is 3.15. The van der Waals surface area contributed by atoms with Crippen LogP contribution in [0.4, 0.5) is 0 Å². The number of nitrogens with one attached hydrogen (secondary N) is 2. The number of rotatable bonds is 6. The van der Waals surface area contributed by atoms with Gasteiger partial charge in [0.05, 0.1) is 0 Å². The standard InChI is InChI=1S/C19H25N3O2.CH2O2/c1-13(2)21-19(23)18-16-12-15(8-9-17(16)24-22-18)20-11-10-14-6-4-3-5-7-14;2-1-3/h3-7,13,15,20H,8-12H2,1-2H3,(H,21,23);1H,(H,2,3). The minimum absolute atomic E-state index is 0.0910. The summed E-state index contributed by atoms with van der Waals surface area (Å²) < 4.78 is 5.37. The van der Waals surface area contributed by atoms with E-state index in [1.807, 2.05) is 19.9 Å². The molecule has 0 saturated carbocycles. The Morgan fingerprint density at radius 3 is 2.74 bits per heavy atom. The molecule has 0 radical (unpaired) electrons. The van der Waals surface area contributed by atoms with Crippen molar-refractivity contribution in [1.82, 2.24) is 15.8 Å². The Morgan fingerprint density at radius 1 is 1.37 bits per heavy atom. The Hall–Kier alpha value is -2.67. The number of hydrogen-bond acceptors (Lipinski definition) is 5. The van der Waals surface area contributed by atoms with Gasteiger partial charge in [0.2, 0.25) is 0 Å². The first kappa shape index (κ1) is 20.6. The fraction of sp³-hybridized carbons (Fsp3) is 0.450. The van der Waals surface area contributed by atoms with Crippen molar-refractivity contribution in [3.8, 4) is 0 Å². The molecule has 3 rings (SSSR count). The summed E-state index contributed by atoms with van der Waals surface area (Å²) in [7, 11) is 0. The van der Waals surface area contributed by atoms with Crippen molar-refractivity contribution in [2.75, 3.05) is 6.54 Å². The number of aromatic nitrogens is 1. The number of amides is 1. The Labute approximate surface area is 159 Å². The molecule has 1 aromatic carbocycles. The minimum atomic E-state index is -0.250. The molecule has 7 heteroatoms. The molecule has 0 bridgehead atoms. The SMILES string of the molecule is CC(C)NC(=O)c1noc2c1CC(NCCc1ccccc1)CC2.O=CO. The Balaban J connectivity index is 0.000000817. The number of carbonyl (C=O) groups is 2. The van der Waals surface area contributed by atoms with Gasteiger partial charge in [-0.2, -0.15) is 0 Å². The predicted octanol–water partition coefficient (Wildman–Crippen LogP) is 2.20. The highest BCUT2D eigenvalue weighted by molar-refractivity contribution is 5.94. The zero-order valence-corrected chi connectivity index (χ0v) is 15.8. The monoisotopic (exact) mass is 373 g/mol. The highest BCUT2D eigenvalue weighted by Crippen LogP contribution is 2.24. The Kier molecular flexibility index (Phi) is 8.00. The summed E-state index contributed by atoms with van der Waals surface area (Å²) in [6.07, 6.45) is 3.66. The molecule has 3 N–H and O–H groups in total. The van der Waals surface area contributed by atoms with Gasteiger partial charge in [-0.3, -0.25) is 9.59 Å². The van der Waals surface area contributed by atoms with Crippen LogP contribution >= 0.6 is 0 Å². The molecule has 1 amide bonds. The lowest BCUT2D eigenvalue weighted by atomic mass is 9.91. The molecule has 0 saturated heterocycles. The van der Waals surface area contributed by atoms with E-state index in [1.165, 1.54) is 5.56 Å². The maximum atomic E-state index is 12.2. The molecule has 146 valence electrons. The smallest absolute Gasteiger partial charge is 0.290 e. The number of nitrogens with zero attached hydrogens (tertiary/aromatic N) is 1. The van der Waals surface area contributed by atoms with Gasteiger partial charge in [-0.15, -0.1) is 0 Å². The van der Waals surface area contributed by atoms with Crippen molar-refractivity contribution < 1.29 is 19.2 Å². The van der Waals surface area contributed by atoms with Crippen LogP contribution in [0, 0.1) is 0 Å². The van der Waals surface area contributed by atoms with E-state index in [0.717, 1.165) is 43.6 Å². The van der Waals surface area contributed by atoms with Gasteiger partial charge in [0.1, 0.15) is 5.76 Å². The van der Waals surface area contributed by atoms with Crippen LogP contribution in [-0.4, -0.2) is 41.3 Å². The first-order chi connectivity index (χ1) is 13.0. The van der Waals surface area contributed by atoms with E-state index in [-0.39, 0.29) is 18.4 Å². The number of carbonyl (C=O) groups excluding carboxylic acids is 1. The highest BCUT2D eigenvalue weighted by atomic mass is 16.5. The van der Waals surface area contributed by atoms with E-state index in [4.69, 9.17) is 14.4 Å². The second kappa shape index (κ2) is 10.5. The van der Waals surface area contributed by atoms with Gasteiger partial charge in [-0.1, -0.05) is 35.5 Å². The third-order valence-corrected chi connectivity index (χ3v) is 4.36. The summed E-state index contributed by atoms with van der Waals surface area (Å²) in [5.41, 5.74) is 2.76. The third-order valence-electron chi connectivity index (χ3n) is 4.36. The highest BCUT2D eigenvalue weighted by Gasteiger charge is 2.28. The second-order valence-corrected chi connectivity index (χ2v) is 6.80. The van der Waals surface area contributed by atoms with Crippen LogP contribution in [0.25, 0.3) is 0 Å². The second-order valence-electron chi connectivity index (χ2n) is 6.80. The number of carboxylic acid groups (broad SMARTS) is 1. The Morgan fingerprint density at radius 2 is 2.07 bits per heavy atom. The van der Waals surface area contributed by atoms with Crippen LogP contribution in [0.15, 0.2) is 34.9 Å². The van der Waals surface area contributed by atoms with E-state index in [1.54, 1.807) is 0 Å². The average molecular weight is 373 g/mol. The van der Waals surface area contributed by atoms with Gasteiger partial charge in [-0.25, -0.2) is 0 Å². The maximum Gasteiger partial charge on any atom is 0.290 e. The quantitative estimate of drug-likeness (QED) is 0.671. The number of benzene rings is 1. The third kappa shape index (κ3) is 6.21. The number of aryl methyl sites for hydroxylation is 1. The molecule has 1 aromatic heterocycles. The van der Waals surface area contributed by atoms with Crippen LogP contribution in [0.2, 0.25) is 0 Å². The molecule has 0 aliphatic heterocycles. The van der Waals surface area contributed by atoms with E-state index in [9.17, 15) is 4.79 Å².